The molecule has 0 atom stereocenters. The summed E-state index contributed by atoms with van der Waals surface area (Å²) >= 11 is 0. The molecule has 0 radical (unpaired) electrons. The number of amides is 2. The number of fused-ring (bicyclic) bond motifs is 1. The minimum atomic E-state index is -0.482. The summed E-state index contributed by atoms with van der Waals surface area (Å²) in [5.41, 5.74) is 2.88. The molecule has 0 saturated heterocycles. The highest BCUT2D eigenvalue weighted by Gasteiger charge is 2.34. The quantitative estimate of drug-likeness (QED) is 0.303. The van der Waals surface area contributed by atoms with Gasteiger partial charge in [0.05, 0.1) is 34.6 Å². The lowest BCUT2D eigenvalue weighted by Gasteiger charge is -2.13. The van der Waals surface area contributed by atoms with Crippen LogP contribution in [0.5, 0.6) is 5.75 Å². The summed E-state index contributed by atoms with van der Waals surface area (Å²) in [5, 5.41) is 3.89. The van der Waals surface area contributed by atoms with Crippen LogP contribution in [0.1, 0.15) is 54.5 Å². The molecule has 8 heteroatoms. The highest BCUT2D eigenvalue weighted by atomic mass is 16.5. The SMILES string of the molecule is Cc1noc(C)c1COc1ccc(C(=O)OCCCN2C(=O)c3ccccc3C2=O)cc1. The largest absolute Gasteiger partial charge is 0.489 e. The van der Waals surface area contributed by atoms with Crippen LogP contribution in [0.4, 0.5) is 0 Å². The summed E-state index contributed by atoms with van der Waals surface area (Å²) in [7, 11) is 0. The Morgan fingerprint density at radius 3 is 2.25 bits per heavy atom. The minimum absolute atomic E-state index is 0.0938. The molecule has 0 aliphatic carbocycles. The standard InChI is InChI=1S/C24H22N2O6/c1-15-21(16(2)32-25-15)14-31-18-10-8-17(9-11-18)24(29)30-13-5-12-26-22(27)19-6-3-4-7-20(19)23(26)28/h3-4,6-11H,5,12-14H2,1-2H3. The lowest BCUT2D eigenvalue weighted by atomic mass is 10.1. The zero-order chi connectivity index (χ0) is 22.7. The predicted octanol–water partition coefficient (Wildman–Crippen LogP) is 3.71. The van der Waals surface area contributed by atoms with Gasteiger partial charge in [-0.15, -0.1) is 0 Å². The Morgan fingerprint density at radius 1 is 1.00 bits per heavy atom. The Labute approximate surface area is 184 Å². The zero-order valence-corrected chi connectivity index (χ0v) is 17.8. The van der Waals surface area contributed by atoms with Crippen molar-refractivity contribution in [2.24, 2.45) is 0 Å². The Hall–Kier alpha value is -3.94. The summed E-state index contributed by atoms with van der Waals surface area (Å²) in [6, 6.07) is 13.3. The second-order valence-electron chi connectivity index (χ2n) is 7.41. The van der Waals surface area contributed by atoms with Crippen molar-refractivity contribution in [2.45, 2.75) is 26.9 Å². The van der Waals surface area contributed by atoms with Crippen LogP contribution < -0.4 is 4.74 Å². The normalized spacial score (nSPS) is 12.8. The molecule has 1 aliphatic rings. The average molecular weight is 434 g/mol. The molecule has 0 spiro atoms. The van der Waals surface area contributed by atoms with Crippen LogP contribution in [-0.2, 0) is 11.3 Å². The number of nitrogens with zero attached hydrogens (tertiary/aromatic N) is 2. The first kappa shape index (κ1) is 21.3. The second kappa shape index (κ2) is 9.05. The van der Waals surface area contributed by atoms with E-state index in [1.807, 2.05) is 13.8 Å². The van der Waals surface area contributed by atoms with Crippen molar-refractivity contribution in [3.05, 3.63) is 82.2 Å². The van der Waals surface area contributed by atoms with E-state index in [1.54, 1.807) is 48.5 Å². The Balaban J connectivity index is 1.23. The van der Waals surface area contributed by atoms with Crippen LogP contribution in [-0.4, -0.2) is 41.0 Å². The van der Waals surface area contributed by atoms with Crippen LogP contribution in [0.3, 0.4) is 0 Å². The van der Waals surface area contributed by atoms with Gasteiger partial charge in [0.2, 0.25) is 0 Å². The zero-order valence-electron chi connectivity index (χ0n) is 17.8. The molecule has 4 rings (SSSR count). The van der Waals surface area contributed by atoms with Crippen LogP contribution in [0.2, 0.25) is 0 Å². The first-order valence-corrected chi connectivity index (χ1v) is 10.2. The van der Waals surface area contributed by atoms with E-state index in [0.29, 0.717) is 41.2 Å². The third-order valence-corrected chi connectivity index (χ3v) is 5.29. The number of hydrogen-bond acceptors (Lipinski definition) is 7. The van der Waals surface area contributed by atoms with Crippen molar-refractivity contribution in [3.8, 4) is 5.75 Å². The van der Waals surface area contributed by atoms with Crippen molar-refractivity contribution in [2.75, 3.05) is 13.2 Å². The lowest BCUT2D eigenvalue weighted by Crippen LogP contribution is -2.31. The van der Waals surface area contributed by atoms with E-state index in [9.17, 15) is 14.4 Å². The van der Waals surface area contributed by atoms with Gasteiger partial charge in [-0.3, -0.25) is 14.5 Å². The van der Waals surface area contributed by atoms with Gasteiger partial charge in [0.25, 0.3) is 11.8 Å². The molecule has 164 valence electrons. The van der Waals surface area contributed by atoms with Crippen LogP contribution in [0.15, 0.2) is 53.1 Å². The smallest absolute Gasteiger partial charge is 0.338 e. The maximum absolute atomic E-state index is 12.3. The molecule has 3 aromatic rings. The van der Waals surface area contributed by atoms with Crippen molar-refractivity contribution >= 4 is 17.8 Å². The molecule has 2 heterocycles. The molecule has 32 heavy (non-hydrogen) atoms. The van der Waals surface area contributed by atoms with Crippen molar-refractivity contribution in [1.29, 1.82) is 0 Å². The number of carbonyl (C=O) groups excluding carboxylic acids is 3. The molecule has 0 bridgehead atoms. The second-order valence-corrected chi connectivity index (χ2v) is 7.41. The van der Waals surface area contributed by atoms with Gasteiger partial charge in [0.15, 0.2) is 0 Å². The molecule has 2 aromatic carbocycles. The van der Waals surface area contributed by atoms with Crippen molar-refractivity contribution in [1.82, 2.24) is 10.1 Å². The fraction of sp³-hybridized carbons (Fsp3) is 0.250. The Bertz CT molecular complexity index is 1110. The Morgan fingerprint density at radius 2 is 1.66 bits per heavy atom. The van der Waals surface area contributed by atoms with Gasteiger partial charge in [-0.25, -0.2) is 4.79 Å². The minimum Gasteiger partial charge on any atom is -0.489 e. The topological polar surface area (TPSA) is 98.9 Å². The number of aromatic nitrogens is 1. The van der Waals surface area contributed by atoms with E-state index in [-0.39, 0.29) is 25.0 Å². The van der Waals surface area contributed by atoms with E-state index in [4.69, 9.17) is 14.0 Å². The Kier molecular flexibility index (Phi) is 6.02. The predicted molar refractivity (Wildman–Crippen MR) is 113 cm³/mol. The summed E-state index contributed by atoms with van der Waals surface area (Å²) < 4.78 is 16.1. The fourth-order valence-corrected chi connectivity index (χ4v) is 3.46. The highest BCUT2D eigenvalue weighted by molar-refractivity contribution is 6.21. The molecule has 2 amide bonds. The molecule has 0 N–H and O–H groups in total. The third kappa shape index (κ3) is 4.25. The average Bonchev–Trinajstić information content (AvgIpc) is 3.26. The maximum Gasteiger partial charge on any atom is 0.338 e. The molecule has 1 aromatic heterocycles. The van der Waals surface area contributed by atoms with Crippen molar-refractivity contribution < 1.29 is 28.4 Å². The van der Waals surface area contributed by atoms with Crippen LogP contribution in [0.25, 0.3) is 0 Å². The van der Waals surface area contributed by atoms with Gasteiger partial charge in [-0.05, 0) is 56.7 Å². The number of carbonyl (C=O) groups is 3. The van der Waals surface area contributed by atoms with Crippen LogP contribution in [0, 0.1) is 13.8 Å². The molecular weight excluding hydrogens is 412 g/mol. The number of hydrogen-bond donors (Lipinski definition) is 0. The van der Waals surface area contributed by atoms with E-state index in [1.165, 1.54) is 4.90 Å². The number of ether oxygens (including phenoxy) is 2. The van der Waals surface area contributed by atoms with Gasteiger partial charge in [-0.1, -0.05) is 17.3 Å². The summed E-state index contributed by atoms with van der Waals surface area (Å²) in [6.07, 6.45) is 0.357. The van der Waals surface area contributed by atoms with E-state index in [0.717, 1.165) is 11.3 Å². The molecule has 0 saturated carbocycles. The van der Waals surface area contributed by atoms with Gasteiger partial charge < -0.3 is 14.0 Å². The van der Waals surface area contributed by atoms with Crippen molar-refractivity contribution in [3.63, 3.8) is 0 Å². The van der Waals surface area contributed by atoms with Gasteiger partial charge in [0, 0.05) is 6.54 Å². The summed E-state index contributed by atoms with van der Waals surface area (Å²) in [5.74, 6) is 0.203. The number of esters is 1. The lowest BCUT2D eigenvalue weighted by molar-refractivity contribution is 0.0482. The van der Waals surface area contributed by atoms with E-state index in [2.05, 4.69) is 5.16 Å². The molecule has 0 fully saturated rings. The number of aryl methyl sites for hydroxylation is 2. The first-order chi connectivity index (χ1) is 15.5. The van der Waals surface area contributed by atoms with E-state index < -0.39 is 5.97 Å². The summed E-state index contributed by atoms with van der Waals surface area (Å²) in [4.78, 5) is 38.1. The third-order valence-electron chi connectivity index (χ3n) is 5.29. The van der Waals surface area contributed by atoms with Gasteiger partial charge in [-0.2, -0.15) is 0 Å². The molecule has 8 nitrogen and oxygen atoms in total. The maximum atomic E-state index is 12.3. The van der Waals surface area contributed by atoms with Crippen LogP contribution >= 0.6 is 0 Å². The highest BCUT2D eigenvalue weighted by Crippen LogP contribution is 2.22. The number of rotatable bonds is 8. The monoisotopic (exact) mass is 434 g/mol. The van der Waals surface area contributed by atoms with Gasteiger partial charge >= 0.3 is 5.97 Å². The number of imide groups is 1. The first-order valence-electron chi connectivity index (χ1n) is 10.2. The van der Waals surface area contributed by atoms with E-state index >= 15 is 0 Å². The molecule has 1 aliphatic heterocycles. The fourth-order valence-electron chi connectivity index (χ4n) is 3.46. The van der Waals surface area contributed by atoms with Gasteiger partial charge in [0.1, 0.15) is 18.1 Å². The molecular formula is C24H22N2O6. The summed E-state index contributed by atoms with van der Waals surface area (Å²) in [6.45, 7) is 4.28. The molecule has 0 unspecified atom stereocenters. The number of benzene rings is 2.